The highest BCUT2D eigenvalue weighted by atomic mass is 79.9. The van der Waals surface area contributed by atoms with Crippen LogP contribution in [0.15, 0.2) is 67.9 Å². The van der Waals surface area contributed by atoms with Gasteiger partial charge < -0.3 is 0 Å². The number of hydrogen-bond acceptors (Lipinski definition) is 4. The first-order chi connectivity index (χ1) is 12.6. The van der Waals surface area contributed by atoms with Crippen LogP contribution in [0, 0.1) is 6.92 Å². The van der Waals surface area contributed by atoms with E-state index in [9.17, 15) is 4.79 Å². The highest BCUT2D eigenvalue weighted by Gasteiger charge is 2.22. The Morgan fingerprint density at radius 2 is 1.96 bits per heavy atom. The van der Waals surface area contributed by atoms with Gasteiger partial charge in [-0.2, -0.15) is 0 Å². The molecule has 0 aliphatic carbocycles. The van der Waals surface area contributed by atoms with E-state index in [2.05, 4.69) is 41.1 Å². The summed E-state index contributed by atoms with van der Waals surface area (Å²) in [5, 5.41) is 0.766. The van der Waals surface area contributed by atoms with Crippen LogP contribution in [0.25, 0.3) is 5.69 Å². The molecule has 132 valence electrons. The second-order valence-corrected chi connectivity index (χ2v) is 9.06. The maximum absolute atomic E-state index is 13.1. The van der Waals surface area contributed by atoms with E-state index in [4.69, 9.17) is 4.98 Å². The first-order valence-corrected chi connectivity index (χ1v) is 11.1. The molecular formula is C20H17BrN2OS2. The quantitative estimate of drug-likeness (QED) is 0.406. The third-order valence-corrected chi connectivity index (χ3v) is 6.99. The summed E-state index contributed by atoms with van der Waals surface area (Å²) < 4.78 is 2.75. The van der Waals surface area contributed by atoms with Gasteiger partial charge in [0.05, 0.1) is 16.3 Å². The fraction of sp³-hybridized carbons (Fsp3) is 0.200. The van der Waals surface area contributed by atoms with Gasteiger partial charge in [-0.05, 0) is 42.3 Å². The molecule has 4 rings (SSSR count). The zero-order valence-corrected chi connectivity index (χ0v) is 17.5. The molecule has 0 bridgehead atoms. The lowest BCUT2D eigenvalue weighted by Gasteiger charge is -2.14. The van der Waals surface area contributed by atoms with E-state index < -0.39 is 0 Å². The van der Waals surface area contributed by atoms with Crippen molar-refractivity contribution in [2.75, 3.05) is 5.75 Å². The predicted octanol–water partition coefficient (Wildman–Crippen LogP) is 5.24. The standard InChI is InChI=1S/C20H17BrN2OS2/c1-13-4-2-3-5-14(13)12-26-20-22-17-10-11-25-18(17)19(24)23(20)16-8-6-15(21)7-9-16/h2-9H,10-12H2,1H3. The van der Waals surface area contributed by atoms with Gasteiger partial charge in [0.25, 0.3) is 5.56 Å². The number of rotatable bonds is 4. The molecule has 0 N–H and O–H groups in total. The van der Waals surface area contributed by atoms with Crippen molar-refractivity contribution in [3.05, 3.63) is 80.2 Å². The van der Waals surface area contributed by atoms with Crippen molar-refractivity contribution >= 4 is 39.5 Å². The summed E-state index contributed by atoms with van der Waals surface area (Å²) in [5.41, 5.74) is 4.37. The van der Waals surface area contributed by atoms with Gasteiger partial charge in [0.15, 0.2) is 5.16 Å². The molecular weight excluding hydrogens is 428 g/mol. The highest BCUT2D eigenvalue weighted by Crippen LogP contribution is 2.31. The van der Waals surface area contributed by atoms with Gasteiger partial charge in [0, 0.05) is 22.4 Å². The monoisotopic (exact) mass is 444 g/mol. The third-order valence-electron chi connectivity index (χ3n) is 4.37. The Balaban J connectivity index is 1.78. The SMILES string of the molecule is Cc1ccccc1CSc1nc2c(c(=O)n1-c1ccc(Br)cc1)SCC2. The van der Waals surface area contributed by atoms with E-state index in [0.29, 0.717) is 0 Å². The van der Waals surface area contributed by atoms with Crippen molar-refractivity contribution in [1.29, 1.82) is 0 Å². The third kappa shape index (κ3) is 3.50. The molecule has 0 fully saturated rings. The molecule has 2 heterocycles. The number of halogens is 1. The van der Waals surface area contributed by atoms with Crippen LogP contribution < -0.4 is 5.56 Å². The van der Waals surface area contributed by atoms with Crippen LogP contribution in [0.5, 0.6) is 0 Å². The van der Waals surface area contributed by atoms with Crippen LogP contribution >= 0.6 is 39.5 Å². The lowest BCUT2D eigenvalue weighted by atomic mass is 10.1. The molecule has 3 aromatic rings. The topological polar surface area (TPSA) is 34.9 Å². The van der Waals surface area contributed by atoms with Gasteiger partial charge in [0.1, 0.15) is 0 Å². The van der Waals surface area contributed by atoms with E-state index in [1.807, 2.05) is 30.3 Å². The summed E-state index contributed by atoms with van der Waals surface area (Å²) in [6, 6.07) is 16.2. The largest absolute Gasteiger partial charge is 0.272 e. The molecule has 1 aliphatic rings. The van der Waals surface area contributed by atoms with Crippen LogP contribution in [0.1, 0.15) is 16.8 Å². The summed E-state index contributed by atoms with van der Waals surface area (Å²) in [6.07, 6.45) is 0.869. The number of fused-ring (bicyclic) bond motifs is 1. The first kappa shape index (κ1) is 17.9. The van der Waals surface area contributed by atoms with E-state index in [1.54, 1.807) is 28.1 Å². The van der Waals surface area contributed by atoms with Gasteiger partial charge in [-0.3, -0.25) is 9.36 Å². The van der Waals surface area contributed by atoms with E-state index in [0.717, 1.165) is 43.8 Å². The van der Waals surface area contributed by atoms with Crippen LogP contribution in [0.4, 0.5) is 0 Å². The Morgan fingerprint density at radius 3 is 2.73 bits per heavy atom. The normalized spacial score (nSPS) is 13.0. The summed E-state index contributed by atoms with van der Waals surface area (Å²) in [4.78, 5) is 18.8. The Kier molecular flexibility index (Phi) is 5.25. The lowest BCUT2D eigenvalue weighted by molar-refractivity contribution is 0.739. The van der Waals surface area contributed by atoms with Gasteiger partial charge in [-0.1, -0.05) is 52.0 Å². The van der Waals surface area contributed by atoms with Crippen LogP contribution in [0.3, 0.4) is 0 Å². The van der Waals surface area contributed by atoms with Crippen LogP contribution in [-0.2, 0) is 12.2 Å². The van der Waals surface area contributed by atoms with Gasteiger partial charge in [-0.25, -0.2) is 4.98 Å². The molecule has 0 atom stereocenters. The Hall–Kier alpha value is -1.50. The number of aryl methyl sites for hydroxylation is 2. The molecule has 6 heteroatoms. The molecule has 0 unspecified atom stereocenters. The summed E-state index contributed by atoms with van der Waals surface area (Å²) in [6.45, 7) is 2.12. The molecule has 0 saturated heterocycles. The first-order valence-electron chi connectivity index (χ1n) is 8.35. The number of aromatic nitrogens is 2. The molecule has 1 aromatic heterocycles. The Morgan fingerprint density at radius 1 is 1.19 bits per heavy atom. The van der Waals surface area contributed by atoms with Crippen LogP contribution in [0.2, 0.25) is 0 Å². The number of nitrogens with zero attached hydrogens (tertiary/aromatic N) is 2. The van der Waals surface area contributed by atoms with Crippen molar-refractivity contribution in [1.82, 2.24) is 9.55 Å². The van der Waals surface area contributed by atoms with Crippen LogP contribution in [-0.4, -0.2) is 15.3 Å². The zero-order chi connectivity index (χ0) is 18.1. The Bertz CT molecular complexity index is 1020. The smallest absolute Gasteiger partial charge is 0.268 e. The maximum atomic E-state index is 13.1. The summed E-state index contributed by atoms with van der Waals surface area (Å²) >= 11 is 6.70. The number of hydrogen-bond donors (Lipinski definition) is 0. The van der Waals surface area contributed by atoms with E-state index in [-0.39, 0.29) is 5.56 Å². The second kappa shape index (κ2) is 7.62. The molecule has 0 radical (unpaired) electrons. The number of benzene rings is 2. The molecule has 0 spiro atoms. The predicted molar refractivity (Wildman–Crippen MR) is 113 cm³/mol. The minimum Gasteiger partial charge on any atom is -0.268 e. The molecule has 26 heavy (non-hydrogen) atoms. The average Bonchev–Trinajstić information content (AvgIpc) is 3.11. The van der Waals surface area contributed by atoms with E-state index in [1.165, 1.54) is 11.1 Å². The van der Waals surface area contributed by atoms with Crippen molar-refractivity contribution in [2.24, 2.45) is 0 Å². The number of thioether (sulfide) groups is 2. The minimum absolute atomic E-state index is 0.0482. The van der Waals surface area contributed by atoms with Crippen molar-refractivity contribution in [3.8, 4) is 5.69 Å². The second-order valence-electron chi connectivity index (χ2n) is 6.10. The Labute approximate surface area is 169 Å². The van der Waals surface area contributed by atoms with Crippen molar-refractivity contribution in [2.45, 2.75) is 29.1 Å². The van der Waals surface area contributed by atoms with Crippen molar-refractivity contribution < 1.29 is 0 Å². The molecule has 0 amide bonds. The highest BCUT2D eigenvalue weighted by molar-refractivity contribution is 9.10. The summed E-state index contributed by atoms with van der Waals surface area (Å²) in [5.74, 6) is 1.73. The van der Waals surface area contributed by atoms with Crippen molar-refractivity contribution in [3.63, 3.8) is 0 Å². The van der Waals surface area contributed by atoms with Gasteiger partial charge in [0.2, 0.25) is 0 Å². The zero-order valence-electron chi connectivity index (χ0n) is 14.2. The fourth-order valence-electron chi connectivity index (χ4n) is 2.92. The summed E-state index contributed by atoms with van der Waals surface area (Å²) in [7, 11) is 0. The molecule has 2 aromatic carbocycles. The fourth-order valence-corrected chi connectivity index (χ4v) is 5.31. The van der Waals surface area contributed by atoms with E-state index >= 15 is 0 Å². The molecule has 0 saturated carbocycles. The average molecular weight is 445 g/mol. The van der Waals surface area contributed by atoms with Gasteiger partial charge in [-0.15, -0.1) is 11.8 Å². The van der Waals surface area contributed by atoms with Gasteiger partial charge >= 0.3 is 0 Å². The molecule has 1 aliphatic heterocycles. The maximum Gasteiger partial charge on any atom is 0.272 e. The molecule has 3 nitrogen and oxygen atoms in total. The lowest BCUT2D eigenvalue weighted by Crippen LogP contribution is -2.23. The minimum atomic E-state index is 0.0482.